The van der Waals surface area contributed by atoms with Gasteiger partial charge in [-0.3, -0.25) is 0 Å². The molecule has 2 aliphatic rings. The molecule has 2 saturated heterocycles. The second-order valence-electron chi connectivity index (χ2n) is 10.2. The molecule has 2 N–H and O–H groups in total. The van der Waals surface area contributed by atoms with Gasteiger partial charge in [-0.25, -0.2) is 13.8 Å². The number of methoxy groups -OCH3 is 1. The maximum Gasteiger partial charge on any atom is 0.213 e. The molecule has 2 bridgehead atoms. The Morgan fingerprint density at radius 3 is 2.40 bits per heavy atom. The minimum atomic E-state index is -1.19. The van der Waals surface area contributed by atoms with Gasteiger partial charge >= 0.3 is 0 Å². The molecule has 5 rings (SSSR count). The van der Waals surface area contributed by atoms with Crippen LogP contribution in [0.2, 0.25) is 0 Å². The predicted molar refractivity (Wildman–Crippen MR) is 129 cm³/mol. The second kappa shape index (κ2) is 8.41. The highest BCUT2D eigenvalue weighted by Crippen LogP contribution is 2.44. The summed E-state index contributed by atoms with van der Waals surface area (Å²) in [5, 5.41) is 22.8. The van der Waals surface area contributed by atoms with Gasteiger partial charge < -0.3 is 20.1 Å². The number of hydrogen-bond donors (Lipinski definition) is 2. The van der Waals surface area contributed by atoms with Crippen molar-refractivity contribution in [1.82, 2.24) is 20.5 Å². The number of nitrogens with one attached hydrogen (secondary N) is 1. The van der Waals surface area contributed by atoms with E-state index in [9.17, 15) is 5.11 Å². The van der Waals surface area contributed by atoms with Crippen LogP contribution in [0.1, 0.15) is 39.5 Å². The van der Waals surface area contributed by atoms with Crippen LogP contribution in [0, 0.1) is 11.6 Å². The van der Waals surface area contributed by atoms with Crippen molar-refractivity contribution in [3.8, 4) is 34.0 Å². The van der Waals surface area contributed by atoms with E-state index in [4.69, 9.17) is 4.74 Å². The summed E-state index contributed by atoms with van der Waals surface area (Å²) >= 11 is 0. The van der Waals surface area contributed by atoms with Crippen molar-refractivity contribution in [2.75, 3.05) is 19.1 Å². The average molecular weight is 482 g/mol. The maximum atomic E-state index is 15.1. The quantitative estimate of drug-likeness (QED) is 0.547. The smallest absolute Gasteiger partial charge is 0.213 e. The molecule has 9 heteroatoms. The summed E-state index contributed by atoms with van der Waals surface area (Å²) < 4.78 is 35.2. The summed E-state index contributed by atoms with van der Waals surface area (Å²) in [4.78, 5) is 6.08. The Bertz CT molecular complexity index is 1250. The van der Waals surface area contributed by atoms with Gasteiger partial charge in [0.15, 0.2) is 17.5 Å². The van der Waals surface area contributed by atoms with Gasteiger partial charge in [0.2, 0.25) is 5.88 Å². The number of aromatic hydroxyl groups is 1. The van der Waals surface area contributed by atoms with E-state index in [2.05, 4.69) is 39.2 Å². The van der Waals surface area contributed by atoms with Crippen molar-refractivity contribution in [2.24, 2.45) is 0 Å². The molecule has 4 heterocycles. The fourth-order valence-electron chi connectivity index (χ4n) is 5.69. The molecule has 35 heavy (non-hydrogen) atoms. The standard InChI is InChI=1S/C26H29F2N5O2/c1-25-8-9-26(2,32-25)14-16(13-25)33(3)20-6-5-18(30-31-20)22-19(34)12-17(23(27)24(22)28)15-7-10-29-21(11-15)35-4/h5-7,10-12,16,32,34H,8-9,13-14H2,1-4H3/t16-,25-,26+. The zero-order valence-corrected chi connectivity index (χ0v) is 20.3. The van der Waals surface area contributed by atoms with Crippen LogP contribution in [0.25, 0.3) is 22.4 Å². The molecule has 184 valence electrons. The number of pyridine rings is 1. The van der Waals surface area contributed by atoms with Crippen molar-refractivity contribution in [2.45, 2.75) is 56.7 Å². The molecular formula is C26H29F2N5O2. The van der Waals surface area contributed by atoms with Crippen LogP contribution in [0.5, 0.6) is 11.6 Å². The van der Waals surface area contributed by atoms with Crippen LogP contribution in [0.4, 0.5) is 14.6 Å². The molecule has 0 unspecified atom stereocenters. The highest BCUT2D eigenvalue weighted by molar-refractivity contribution is 5.76. The SMILES string of the molecule is COc1cc(-c2cc(O)c(-c3ccc(N(C)[C@H]4C[C@]5(C)CC[C@](C)(C4)N5)nn3)c(F)c2F)ccn1. The van der Waals surface area contributed by atoms with Gasteiger partial charge in [-0.15, -0.1) is 10.2 Å². The first-order valence-electron chi connectivity index (χ1n) is 11.7. The lowest BCUT2D eigenvalue weighted by atomic mass is 9.84. The van der Waals surface area contributed by atoms with Gasteiger partial charge in [0, 0.05) is 42.0 Å². The van der Waals surface area contributed by atoms with Gasteiger partial charge in [0.25, 0.3) is 0 Å². The van der Waals surface area contributed by atoms with E-state index in [0.717, 1.165) is 25.7 Å². The number of ether oxygens (including phenoxy) is 1. The molecule has 7 nitrogen and oxygen atoms in total. The van der Waals surface area contributed by atoms with Crippen molar-refractivity contribution in [3.63, 3.8) is 0 Å². The normalized spacial score (nSPS) is 25.5. The minimum absolute atomic E-state index is 0.0548. The van der Waals surface area contributed by atoms with E-state index < -0.39 is 17.4 Å². The molecule has 3 aromatic rings. The van der Waals surface area contributed by atoms with Crippen LogP contribution in [-0.2, 0) is 0 Å². The van der Waals surface area contributed by atoms with Crippen molar-refractivity contribution >= 4 is 5.82 Å². The Morgan fingerprint density at radius 2 is 1.77 bits per heavy atom. The number of fused-ring (bicyclic) bond motifs is 2. The van der Waals surface area contributed by atoms with E-state index in [1.54, 1.807) is 12.1 Å². The van der Waals surface area contributed by atoms with E-state index >= 15 is 8.78 Å². The first-order chi connectivity index (χ1) is 16.6. The Morgan fingerprint density at radius 1 is 1.06 bits per heavy atom. The Kier molecular flexibility index (Phi) is 5.62. The molecular weight excluding hydrogens is 452 g/mol. The number of aromatic nitrogens is 3. The fourth-order valence-corrected chi connectivity index (χ4v) is 5.69. The van der Waals surface area contributed by atoms with Gasteiger partial charge in [-0.05, 0) is 69.4 Å². The van der Waals surface area contributed by atoms with Crippen LogP contribution < -0.4 is 15.0 Å². The summed E-state index contributed by atoms with van der Waals surface area (Å²) in [7, 11) is 3.42. The predicted octanol–water partition coefficient (Wildman–Crippen LogP) is 4.70. The van der Waals surface area contributed by atoms with Crippen LogP contribution >= 0.6 is 0 Å². The van der Waals surface area contributed by atoms with Crippen molar-refractivity contribution in [1.29, 1.82) is 0 Å². The van der Waals surface area contributed by atoms with Crippen LogP contribution in [0.15, 0.2) is 36.5 Å². The fraction of sp³-hybridized carbons (Fsp3) is 0.423. The summed E-state index contributed by atoms with van der Waals surface area (Å²) in [6.45, 7) is 4.53. The Labute approximate surface area is 203 Å². The molecule has 2 fully saturated rings. The third kappa shape index (κ3) is 4.18. The molecule has 3 atom stereocenters. The number of piperidine rings is 1. The van der Waals surface area contributed by atoms with E-state index in [-0.39, 0.29) is 39.8 Å². The molecule has 0 spiro atoms. The van der Waals surface area contributed by atoms with Crippen molar-refractivity contribution in [3.05, 3.63) is 48.2 Å². The highest BCUT2D eigenvalue weighted by Gasteiger charge is 2.49. The number of benzene rings is 1. The lowest BCUT2D eigenvalue weighted by Gasteiger charge is -2.45. The Balaban J connectivity index is 1.43. The molecule has 2 aliphatic heterocycles. The first-order valence-corrected chi connectivity index (χ1v) is 11.7. The number of phenols is 1. The van der Waals surface area contributed by atoms with Crippen molar-refractivity contribution < 1.29 is 18.6 Å². The number of rotatable bonds is 5. The van der Waals surface area contributed by atoms with Crippen LogP contribution in [-0.4, -0.2) is 51.6 Å². The number of anilines is 1. The molecule has 0 radical (unpaired) electrons. The second-order valence-corrected chi connectivity index (χ2v) is 10.2. The third-order valence-corrected chi connectivity index (χ3v) is 7.46. The average Bonchev–Trinajstić information content (AvgIpc) is 3.07. The maximum absolute atomic E-state index is 15.1. The third-order valence-electron chi connectivity index (χ3n) is 7.46. The number of hydrogen-bond acceptors (Lipinski definition) is 7. The number of phenolic OH excluding ortho intramolecular Hbond substituents is 1. The highest BCUT2D eigenvalue weighted by atomic mass is 19.2. The number of nitrogens with zero attached hydrogens (tertiary/aromatic N) is 4. The zero-order chi connectivity index (χ0) is 25.0. The molecule has 1 aromatic carbocycles. The van der Waals surface area contributed by atoms with E-state index in [0.29, 0.717) is 11.4 Å². The lowest BCUT2D eigenvalue weighted by molar-refractivity contribution is 0.207. The Hall–Kier alpha value is -3.33. The summed E-state index contributed by atoms with van der Waals surface area (Å²) in [5.74, 6) is -1.82. The first kappa shape index (κ1) is 23.4. The topological polar surface area (TPSA) is 83.4 Å². The molecule has 0 aliphatic carbocycles. The van der Waals surface area contributed by atoms with Gasteiger partial charge in [-0.2, -0.15) is 0 Å². The monoisotopic (exact) mass is 481 g/mol. The van der Waals surface area contributed by atoms with E-state index in [1.807, 2.05) is 7.05 Å². The summed E-state index contributed by atoms with van der Waals surface area (Å²) in [6.07, 6.45) is 5.69. The summed E-state index contributed by atoms with van der Waals surface area (Å²) in [5.41, 5.74) is 0.166. The lowest BCUT2D eigenvalue weighted by Crippen LogP contribution is -2.58. The largest absolute Gasteiger partial charge is 0.507 e. The van der Waals surface area contributed by atoms with Crippen LogP contribution in [0.3, 0.4) is 0 Å². The zero-order valence-electron chi connectivity index (χ0n) is 20.3. The minimum Gasteiger partial charge on any atom is -0.507 e. The molecule has 2 aromatic heterocycles. The summed E-state index contributed by atoms with van der Waals surface area (Å²) in [6, 6.07) is 7.73. The van der Waals surface area contributed by atoms with Gasteiger partial charge in [0.05, 0.1) is 18.4 Å². The molecule has 0 saturated carbocycles. The van der Waals surface area contributed by atoms with Gasteiger partial charge in [0.1, 0.15) is 5.75 Å². The molecule has 0 amide bonds. The number of halogens is 2. The van der Waals surface area contributed by atoms with E-state index in [1.165, 1.54) is 31.5 Å². The van der Waals surface area contributed by atoms with Gasteiger partial charge in [-0.1, -0.05) is 0 Å².